The second kappa shape index (κ2) is 8.51. The smallest absolute Gasteiger partial charge is 0.339 e. The number of hydrogen-bond donors (Lipinski definition) is 1. The van der Waals surface area contributed by atoms with Gasteiger partial charge < -0.3 is 19.5 Å². The van der Waals surface area contributed by atoms with Crippen molar-refractivity contribution in [3.63, 3.8) is 0 Å². The summed E-state index contributed by atoms with van der Waals surface area (Å²) in [5, 5.41) is 0. The van der Waals surface area contributed by atoms with Crippen LogP contribution < -0.4 is 0 Å². The van der Waals surface area contributed by atoms with Crippen LogP contribution in [-0.4, -0.2) is 65.9 Å². The molecule has 1 saturated heterocycles. The van der Waals surface area contributed by atoms with E-state index in [9.17, 15) is 14.4 Å². The minimum absolute atomic E-state index is 0.0142. The molecule has 1 aromatic heterocycles. The Bertz CT molecular complexity index is 922. The number of nitrogens with zero attached hydrogens (tertiary/aromatic N) is 2. The number of aryl methyl sites for hydroxylation is 2. The van der Waals surface area contributed by atoms with Crippen molar-refractivity contribution in [2.24, 2.45) is 0 Å². The van der Waals surface area contributed by atoms with Gasteiger partial charge in [-0.2, -0.15) is 0 Å². The molecule has 1 fully saturated rings. The lowest BCUT2D eigenvalue weighted by atomic mass is 10.1. The van der Waals surface area contributed by atoms with Crippen LogP contribution in [0.2, 0.25) is 0 Å². The molecule has 2 aromatic rings. The van der Waals surface area contributed by atoms with E-state index >= 15 is 0 Å². The quantitative estimate of drug-likeness (QED) is 0.804. The maximum absolute atomic E-state index is 13.0. The average Bonchev–Trinajstić information content (AvgIpc) is 3.06. The minimum Gasteiger partial charge on any atom is -0.465 e. The van der Waals surface area contributed by atoms with Gasteiger partial charge in [0.2, 0.25) is 0 Å². The number of nitrogens with one attached hydrogen (secondary N) is 1. The number of carbonyl (C=O) groups excluding carboxylic acids is 3. The molecule has 7 heteroatoms. The van der Waals surface area contributed by atoms with Crippen LogP contribution in [0.15, 0.2) is 24.3 Å². The molecule has 0 aliphatic carbocycles. The first-order valence-electron chi connectivity index (χ1n) is 9.82. The van der Waals surface area contributed by atoms with Gasteiger partial charge in [-0.05, 0) is 43.5 Å². The van der Waals surface area contributed by atoms with Gasteiger partial charge in [0, 0.05) is 37.4 Å². The Morgan fingerprint density at radius 2 is 1.52 bits per heavy atom. The largest absolute Gasteiger partial charge is 0.465 e. The average molecular weight is 397 g/mol. The van der Waals surface area contributed by atoms with E-state index in [0.717, 1.165) is 6.42 Å². The van der Waals surface area contributed by atoms with Gasteiger partial charge in [-0.3, -0.25) is 9.59 Å². The molecule has 7 nitrogen and oxygen atoms in total. The third-order valence-electron chi connectivity index (χ3n) is 5.50. The van der Waals surface area contributed by atoms with Gasteiger partial charge in [0.05, 0.1) is 12.7 Å². The van der Waals surface area contributed by atoms with Crippen molar-refractivity contribution in [2.45, 2.75) is 27.2 Å². The number of amides is 2. The standard InChI is InChI=1S/C22H27N3O4/c1-5-16-6-8-17(9-7-16)20(26)24-10-12-25(13-11-24)21(27)19-14(2)18(15(3)23-19)22(28)29-4/h6-9,23H,5,10-13H2,1-4H3. The number of H-pyrrole nitrogens is 1. The molecule has 29 heavy (non-hydrogen) atoms. The van der Waals surface area contributed by atoms with Gasteiger partial charge >= 0.3 is 5.97 Å². The molecule has 0 saturated carbocycles. The highest BCUT2D eigenvalue weighted by molar-refractivity contribution is 6.00. The lowest BCUT2D eigenvalue weighted by Gasteiger charge is -2.34. The molecule has 0 bridgehead atoms. The molecule has 1 aromatic carbocycles. The SMILES string of the molecule is CCc1ccc(C(=O)N2CCN(C(=O)c3[nH]c(C)c(C(=O)OC)c3C)CC2)cc1. The molecule has 0 spiro atoms. The molecule has 0 atom stereocenters. The number of carbonyl (C=O) groups is 3. The molecule has 1 aliphatic rings. The van der Waals surface area contributed by atoms with E-state index in [-0.39, 0.29) is 11.8 Å². The summed E-state index contributed by atoms with van der Waals surface area (Å²) in [6, 6.07) is 7.67. The van der Waals surface area contributed by atoms with Crippen molar-refractivity contribution in [3.8, 4) is 0 Å². The molecular weight excluding hydrogens is 370 g/mol. The molecule has 3 rings (SSSR count). The molecule has 1 aliphatic heterocycles. The lowest BCUT2D eigenvalue weighted by Crippen LogP contribution is -2.50. The third-order valence-corrected chi connectivity index (χ3v) is 5.50. The summed E-state index contributed by atoms with van der Waals surface area (Å²) in [5.41, 5.74) is 3.87. The Morgan fingerprint density at radius 3 is 2.03 bits per heavy atom. The van der Waals surface area contributed by atoms with Crippen LogP contribution in [0.5, 0.6) is 0 Å². The van der Waals surface area contributed by atoms with E-state index in [1.54, 1.807) is 23.6 Å². The van der Waals surface area contributed by atoms with Crippen molar-refractivity contribution in [3.05, 3.63) is 57.9 Å². The van der Waals surface area contributed by atoms with Crippen molar-refractivity contribution in [1.29, 1.82) is 0 Å². The number of rotatable bonds is 4. The molecule has 2 amide bonds. The Kier molecular flexibility index (Phi) is 6.06. The predicted octanol–water partition coefficient (Wildman–Crippen LogP) is 2.58. The number of aromatic nitrogens is 1. The van der Waals surface area contributed by atoms with Gasteiger partial charge in [-0.1, -0.05) is 19.1 Å². The Morgan fingerprint density at radius 1 is 0.966 bits per heavy atom. The van der Waals surface area contributed by atoms with E-state index < -0.39 is 5.97 Å². The normalized spacial score (nSPS) is 14.1. The second-order valence-electron chi connectivity index (χ2n) is 7.25. The molecule has 0 unspecified atom stereocenters. The number of methoxy groups -OCH3 is 1. The minimum atomic E-state index is -0.459. The number of benzene rings is 1. The number of hydrogen-bond acceptors (Lipinski definition) is 4. The highest BCUT2D eigenvalue weighted by Crippen LogP contribution is 2.21. The van der Waals surface area contributed by atoms with Crippen molar-refractivity contribution in [2.75, 3.05) is 33.3 Å². The first kappa shape index (κ1) is 20.6. The monoisotopic (exact) mass is 397 g/mol. The molecule has 2 heterocycles. The molecular formula is C22H27N3O4. The Hall–Kier alpha value is -3.09. The van der Waals surface area contributed by atoms with Crippen LogP contribution >= 0.6 is 0 Å². The summed E-state index contributed by atoms with van der Waals surface area (Å²) in [6.45, 7) is 7.41. The van der Waals surface area contributed by atoms with Gasteiger partial charge in [0.1, 0.15) is 5.69 Å². The molecule has 0 radical (unpaired) electrons. The zero-order valence-electron chi connectivity index (χ0n) is 17.4. The van der Waals surface area contributed by atoms with E-state index in [1.165, 1.54) is 12.7 Å². The fourth-order valence-electron chi connectivity index (χ4n) is 3.71. The van der Waals surface area contributed by atoms with Gasteiger partial charge in [0.25, 0.3) is 11.8 Å². The van der Waals surface area contributed by atoms with Crippen LogP contribution in [0.4, 0.5) is 0 Å². The molecule has 1 N–H and O–H groups in total. The van der Waals surface area contributed by atoms with E-state index in [0.29, 0.717) is 54.3 Å². The Labute approximate surface area is 170 Å². The van der Waals surface area contributed by atoms with Crippen molar-refractivity contribution < 1.29 is 19.1 Å². The highest BCUT2D eigenvalue weighted by atomic mass is 16.5. The maximum Gasteiger partial charge on any atom is 0.339 e. The topological polar surface area (TPSA) is 82.7 Å². The van der Waals surface area contributed by atoms with E-state index in [1.807, 2.05) is 24.3 Å². The van der Waals surface area contributed by atoms with Crippen molar-refractivity contribution in [1.82, 2.24) is 14.8 Å². The van der Waals surface area contributed by atoms with Crippen molar-refractivity contribution >= 4 is 17.8 Å². The van der Waals surface area contributed by atoms with E-state index in [2.05, 4.69) is 11.9 Å². The van der Waals surface area contributed by atoms with Crippen LogP contribution in [0.1, 0.15) is 54.9 Å². The summed E-state index contributed by atoms with van der Waals surface area (Å²) in [7, 11) is 1.32. The zero-order valence-corrected chi connectivity index (χ0v) is 17.4. The first-order valence-corrected chi connectivity index (χ1v) is 9.82. The summed E-state index contributed by atoms with van der Waals surface area (Å²) in [5.74, 6) is -0.639. The number of piperazine rings is 1. The van der Waals surface area contributed by atoms with E-state index in [4.69, 9.17) is 4.74 Å². The summed E-state index contributed by atoms with van der Waals surface area (Å²) >= 11 is 0. The van der Waals surface area contributed by atoms with Crippen LogP contribution in [-0.2, 0) is 11.2 Å². The Balaban J connectivity index is 1.66. The fraction of sp³-hybridized carbons (Fsp3) is 0.409. The van der Waals surface area contributed by atoms with Gasteiger partial charge in [0.15, 0.2) is 0 Å². The summed E-state index contributed by atoms with van der Waals surface area (Å²) < 4.78 is 4.81. The predicted molar refractivity (Wildman–Crippen MR) is 109 cm³/mol. The fourth-order valence-corrected chi connectivity index (χ4v) is 3.71. The number of esters is 1. The highest BCUT2D eigenvalue weighted by Gasteiger charge is 2.29. The number of aromatic amines is 1. The lowest BCUT2D eigenvalue weighted by molar-refractivity contribution is 0.0532. The van der Waals surface area contributed by atoms with Crippen LogP contribution in [0.25, 0.3) is 0 Å². The number of ether oxygens (including phenoxy) is 1. The maximum atomic E-state index is 13.0. The van der Waals surface area contributed by atoms with Gasteiger partial charge in [-0.25, -0.2) is 4.79 Å². The molecule has 154 valence electrons. The van der Waals surface area contributed by atoms with Gasteiger partial charge in [-0.15, -0.1) is 0 Å². The second-order valence-corrected chi connectivity index (χ2v) is 7.25. The zero-order chi connectivity index (χ0) is 21.1. The van der Waals surface area contributed by atoms with Crippen LogP contribution in [0.3, 0.4) is 0 Å². The summed E-state index contributed by atoms with van der Waals surface area (Å²) in [4.78, 5) is 44.1. The van der Waals surface area contributed by atoms with Crippen LogP contribution in [0, 0.1) is 13.8 Å². The summed E-state index contributed by atoms with van der Waals surface area (Å²) in [6.07, 6.45) is 0.935. The first-order chi connectivity index (χ1) is 13.9. The third kappa shape index (κ3) is 4.04.